The maximum Gasteiger partial charge on any atom is 0.241 e. The molecule has 3 rings (SSSR count). The van der Waals surface area contributed by atoms with Crippen molar-refractivity contribution < 1.29 is 17.9 Å². The molecule has 0 saturated heterocycles. The van der Waals surface area contributed by atoms with Gasteiger partial charge >= 0.3 is 0 Å². The summed E-state index contributed by atoms with van der Waals surface area (Å²) >= 11 is 2.07. The SMILES string of the molecule is COc1ccc(S(=O)(=O)NC2CC(C)(C)Oc3ccccc32)cc1I. The molecule has 25 heavy (non-hydrogen) atoms. The Morgan fingerprint density at radius 1 is 1.24 bits per heavy atom. The number of benzene rings is 2. The molecule has 0 aromatic heterocycles. The van der Waals surface area contributed by atoms with E-state index < -0.39 is 15.6 Å². The number of ether oxygens (including phenoxy) is 2. The highest BCUT2D eigenvalue weighted by Gasteiger charge is 2.36. The van der Waals surface area contributed by atoms with Crippen molar-refractivity contribution in [2.24, 2.45) is 0 Å². The average Bonchev–Trinajstić information content (AvgIpc) is 2.53. The Balaban J connectivity index is 1.94. The van der Waals surface area contributed by atoms with Gasteiger partial charge in [-0.05, 0) is 60.7 Å². The normalized spacial score (nSPS) is 19.0. The van der Waals surface area contributed by atoms with Crippen molar-refractivity contribution in [3.63, 3.8) is 0 Å². The predicted octanol–water partition coefficient (Wildman–Crippen LogP) is 3.88. The van der Waals surface area contributed by atoms with Crippen LogP contribution in [0.15, 0.2) is 47.4 Å². The highest BCUT2D eigenvalue weighted by molar-refractivity contribution is 14.1. The molecule has 1 heterocycles. The Hall–Kier alpha value is -1.32. The molecule has 0 saturated carbocycles. The molecule has 1 unspecified atom stereocenters. The van der Waals surface area contributed by atoms with Crippen LogP contribution in [0, 0.1) is 3.57 Å². The first-order chi connectivity index (χ1) is 11.7. The van der Waals surface area contributed by atoms with Crippen LogP contribution in [0.25, 0.3) is 0 Å². The molecule has 1 aliphatic heterocycles. The van der Waals surface area contributed by atoms with Crippen molar-refractivity contribution in [3.8, 4) is 11.5 Å². The highest BCUT2D eigenvalue weighted by atomic mass is 127. The fourth-order valence-electron chi connectivity index (χ4n) is 2.98. The van der Waals surface area contributed by atoms with Crippen molar-refractivity contribution in [2.75, 3.05) is 7.11 Å². The largest absolute Gasteiger partial charge is 0.496 e. The number of para-hydroxylation sites is 1. The number of methoxy groups -OCH3 is 1. The summed E-state index contributed by atoms with van der Waals surface area (Å²) in [5, 5.41) is 0. The van der Waals surface area contributed by atoms with E-state index in [1.807, 2.05) is 38.1 Å². The summed E-state index contributed by atoms with van der Waals surface area (Å²) in [5.74, 6) is 1.37. The maximum atomic E-state index is 12.9. The number of nitrogens with one attached hydrogen (secondary N) is 1. The lowest BCUT2D eigenvalue weighted by atomic mass is 9.90. The second kappa shape index (κ2) is 6.77. The van der Waals surface area contributed by atoms with Gasteiger partial charge < -0.3 is 9.47 Å². The standard InChI is InChI=1S/C18H20INO4S/c1-18(2)11-15(13-6-4-5-7-16(13)24-18)20-25(21,22)12-8-9-17(23-3)14(19)10-12/h4-10,15,20H,11H2,1-3H3. The van der Waals surface area contributed by atoms with Crippen LogP contribution in [-0.4, -0.2) is 21.1 Å². The van der Waals surface area contributed by atoms with Crippen molar-refractivity contribution in [2.45, 2.75) is 36.8 Å². The molecule has 5 nitrogen and oxygen atoms in total. The monoisotopic (exact) mass is 473 g/mol. The third kappa shape index (κ3) is 3.93. The zero-order valence-corrected chi connectivity index (χ0v) is 17.2. The molecule has 0 aliphatic carbocycles. The van der Waals surface area contributed by atoms with Gasteiger partial charge in [-0.25, -0.2) is 13.1 Å². The van der Waals surface area contributed by atoms with Gasteiger partial charge in [0, 0.05) is 12.0 Å². The van der Waals surface area contributed by atoms with E-state index in [4.69, 9.17) is 9.47 Å². The minimum atomic E-state index is -3.67. The lowest BCUT2D eigenvalue weighted by molar-refractivity contribution is 0.0702. The van der Waals surface area contributed by atoms with Gasteiger partial charge in [0.05, 0.1) is 21.6 Å². The molecule has 2 aromatic rings. The zero-order valence-electron chi connectivity index (χ0n) is 14.2. The minimum Gasteiger partial charge on any atom is -0.496 e. The molecule has 0 amide bonds. The van der Waals surface area contributed by atoms with E-state index in [-0.39, 0.29) is 10.9 Å². The Morgan fingerprint density at radius 3 is 2.64 bits per heavy atom. The van der Waals surface area contributed by atoms with Crippen LogP contribution >= 0.6 is 22.6 Å². The summed E-state index contributed by atoms with van der Waals surface area (Å²) in [4.78, 5) is 0.222. The van der Waals surface area contributed by atoms with Crippen molar-refractivity contribution in [1.82, 2.24) is 4.72 Å². The maximum absolute atomic E-state index is 12.9. The van der Waals surface area contributed by atoms with E-state index >= 15 is 0 Å². The molecular formula is C18H20INO4S. The van der Waals surface area contributed by atoms with E-state index in [0.717, 1.165) is 14.9 Å². The average molecular weight is 473 g/mol. The van der Waals surface area contributed by atoms with Gasteiger partial charge in [0.1, 0.15) is 17.1 Å². The lowest BCUT2D eigenvalue weighted by Crippen LogP contribution is -2.41. The summed E-state index contributed by atoms with van der Waals surface area (Å²) in [5.41, 5.74) is 0.407. The zero-order chi connectivity index (χ0) is 18.2. The van der Waals surface area contributed by atoms with Gasteiger partial charge in [0.15, 0.2) is 0 Å². The third-order valence-electron chi connectivity index (χ3n) is 4.11. The van der Waals surface area contributed by atoms with Gasteiger partial charge in [-0.3, -0.25) is 0 Å². The Kier molecular flexibility index (Phi) is 5.00. The van der Waals surface area contributed by atoms with E-state index in [2.05, 4.69) is 27.3 Å². The Bertz CT molecular complexity index is 896. The van der Waals surface area contributed by atoms with E-state index in [1.54, 1.807) is 25.3 Å². The van der Waals surface area contributed by atoms with Crippen molar-refractivity contribution in [1.29, 1.82) is 0 Å². The van der Waals surface area contributed by atoms with E-state index in [1.165, 1.54) is 0 Å². The van der Waals surface area contributed by atoms with E-state index in [0.29, 0.717) is 12.2 Å². The van der Waals surface area contributed by atoms with Gasteiger partial charge in [-0.2, -0.15) is 0 Å². The Labute approximate surface area is 161 Å². The molecule has 0 fully saturated rings. The van der Waals surface area contributed by atoms with E-state index in [9.17, 15) is 8.42 Å². The first-order valence-corrected chi connectivity index (χ1v) is 10.4. The number of rotatable bonds is 4. The molecule has 1 N–H and O–H groups in total. The second-order valence-electron chi connectivity index (χ2n) is 6.57. The summed E-state index contributed by atoms with van der Waals surface area (Å²) in [6.07, 6.45) is 0.552. The molecule has 2 aromatic carbocycles. The highest BCUT2D eigenvalue weighted by Crippen LogP contribution is 2.40. The number of hydrogen-bond acceptors (Lipinski definition) is 4. The van der Waals surface area contributed by atoms with Crippen LogP contribution < -0.4 is 14.2 Å². The molecule has 134 valence electrons. The molecule has 7 heteroatoms. The smallest absolute Gasteiger partial charge is 0.241 e. The number of sulfonamides is 1. The van der Waals surface area contributed by atoms with Crippen LogP contribution in [-0.2, 0) is 10.0 Å². The Morgan fingerprint density at radius 2 is 1.96 bits per heavy atom. The summed E-state index contributed by atoms with van der Waals surface area (Å²) in [6.45, 7) is 3.92. The third-order valence-corrected chi connectivity index (χ3v) is 6.42. The van der Waals surface area contributed by atoms with Crippen LogP contribution in [0.2, 0.25) is 0 Å². The molecule has 1 atom stereocenters. The number of fused-ring (bicyclic) bond motifs is 1. The summed E-state index contributed by atoms with van der Waals surface area (Å²) in [7, 11) is -2.11. The fourth-order valence-corrected chi connectivity index (χ4v) is 5.16. The molecule has 1 aliphatic rings. The molecule has 0 radical (unpaired) electrons. The predicted molar refractivity (Wildman–Crippen MR) is 105 cm³/mol. The number of halogens is 1. The summed E-state index contributed by atoms with van der Waals surface area (Å²) in [6, 6.07) is 12.0. The molecule has 0 spiro atoms. The van der Waals surface area contributed by atoms with Crippen molar-refractivity contribution in [3.05, 3.63) is 51.6 Å². The van der Waals surface area contributed by atoms with Crippen LogP contribution in [0.4, 0.5) is 0 Å². The first-order valence-electron chi connectivity index (χ1n) is 7.86. The second-order valence-corrected chi connectivity index (χ2v) is 9.45. The van der Waals surface area contributed by atoms with Crippen LogP contribution in [0.1, 0.15) is 31.9 Å². The fraction of sp³-hybridized carbons (Fsp3) is 0.333. The van der Waals surface area contributed by atoms with Crippen molar-refractivity contribution >= 4 is 32.6 Å². The molecule has 0 bridgehead atoms. The summed E-state index contributed by atoms with van der Waals surface area (Å²) < 4.78 is 40.5. The first kappa shape index (κ1) is 18.5. The quantitative estimate of drug-likeness (QED) is 0.685. The number of hydrogen-bond donors (Lipinski definition) is 1. The molecular weight excluding hydrogens is 453 g/mol. The lowest BCUT2D eigenvalue weighted by Gasteiger charge is -2.37. The topological polar surface area (TPSA) is 64.6 Å². The van der Waals surface area contributed by atoms with Gasteiger partial charge in [0.2, 0.25) is 10.0 Å². The van der Waals surface area contributed by atoms with Crippen LogP contribution in [0.5, 0.6) is 11.5 Å². The van der Waals surface area contributed by atoms with Crippen LogP contribution in [0.3, 0.4) is 0 Å². The minimum absolute atomic E-state index is 0.222. The van der Waals surface area contributed by atoms with Gasteiger partial charge in [0.25, 0.3) is 0 Å². The van der Waals surface area contributed by atoms with Gasteiger partial charge in [-0.15, -0.1) is 0 Å². The van der Waals surface area contributed by atoms with Gasteiger partial charge in [-0.1, -0.05) is 18.2 Å².